The van der Waals surface area contributed by atoms with Gasteiger partial charge in [0.2, 0.25) is 5.91 Å². The molecule has 0 spiro atoms. The summed E-state index contributed by atoms with van der Waals surface area (Å²) < 4.78 is 5.59. The Balaban J connectivity index is 1.51. The number of rotatable bonds is 10. The van der Waals surface area contributed by atoms with Gasteiger partial charge in [0.1, 0.15) is 6.61 Å². The van der Waals surface area contributed by atoms with Crippen LogP contribution in [0.5, 0.6) is 0 Å². The van der Waals surface area contributed by atoms with Gasteiger partial charge in [0.05, 0.1) is 0 Å². The second-order valence-electron chi connectivity index (χ2n) is 9.18. The molecule has 0 aliphatic heterocycles. The molecule has 2 N–H and O–H groups in total. The van der Waals surface area contributed by atoms with Crippen LogP contribution in [0.1, 0.15) is 56.6 Å². The predicted molar refractivity (Wildman–Crippen MR) is 126 cm³/mol. The first-order chi connectivity index (χ1) is 15.7. The first-order valence-electron chi connectivity index (χ1n) is 11.3. The molecule has 0 fully saturated rings. The Morgan fingerprint density at radius 3 is 2.15 bits per heavy atom. The summed E-state index contributed by atoms with van der Waals surface area (Å²) in [6, 6.07) is 16.3. The number of ether oxygens (including phenoxy) is 1. The predicted octanol–water partition coefficient (Wildman–Crippen LogP) is 4.41. The number of hydrogen-bond acceptors (Lipinski definition) is 4. The number of fused-ring (bicyclic) bond motifs is 3. The van der Waals surface area contributed by atoms with E-state index >= 15 is 0 Å². The Kier molecular flexibility index (Phi) is 7.74. The Morgan fingerprint density at radius 1 is 1.00 bits per heavy atom. The van der Waals surface area contributed by atoms with Gasteiger partial charge in [-0.05, 0) is 48.9 Å². The highest BCUT2D eigenvalue weighted by Gasteiger charge is 2.30. The van der Waals surface area contributed by atoms with Gasteiger partial charge in [0.15, 0.2) is 0 Å². The summed E-state index contributed by atoms with van der Waals surface area (Å²) in [5, 5.41) is 11.5. The number of carbonyl (C=O) groups is 3. The van der Waals surface area contributed by atoms with E-state index in [9.17, 15) is 14.4 Å². The summed E-state index contributed by atoms with van der Waals surface area (Å²) in [4.78, 5) is 37.2. The SMILES string of the molecule is CN(CCCCC(=O)O)C(=O)CC(C)(C)NC(=O)OCC1c2ccccc2-c2ccccc21. The van der Waals surface area contributed by atoms with Crippen molar-refractivity contribution in [1.29, 1.82) is 0 Å². The molecule has 1 aliphatic carbocycles. The fraction of sp³-hybridized carbons (Fsp3) is 0.423. The lowest BCUT2D eigenvalue weighted by Gasteiger charge is -2.28. The van der Waals surface area contributed by atoms with Crippen LogP contribution >= 0.6 is 0 Å². The number of alkyl carbamates (subject to hydrolysis) is 1. The number of nitrogens with one attached hydrogen (secondary N) is 1. The number of carboxylic acids is 1. The molecule has 0 bridgehead atoms. The summed E-state index contributed by atoms with van der Waals surface area (Å²) >= 11 is 0. The minimum absolute atomic E-state index is 0.0233. The molecule has 0 saturated carbocycles. The maximum Gasteiger partial charge on any atom is 0.407 e. The molecule has 3 rings (SSSR count). The van der Waals surface area contributed by atoms with Gasteiger partial charge in [0, 0.05) is 37.9 Å². The zero-order valence-electron chi connectivity index (χ0n) is 19.5. The summed E-state index contributed by atoms with van der Waals surface area (Å²) in [5.74, 6) is -0.975. The lowest BCUT2D eigenvalue weighted by atomic mass is 9.98. The van der Waals surface area contributed by atoms with Crippen LogP contribution in [0.25, 0.3) is 11.1 Å². The van der Waals surface area contributed by atoms with Crippen LogP contribution < -0.4 is 5.32 Å². The Bertz CT molecular complexity index is 972. The monoisotopic (exact) mass is 452 g/mol. The highest BCUT2D eigenvalue weighted by molar-refractivity contribution is 5.80. The molecular formula is C26H32N2O5. The van der Waals surface area contributed by atoms with E-state index in [2.05, 4.69) is 29.6 Å². The van der Waals surface area contributed by atoms with Crippen molar-refractivity contribution in [2.75, 3.05) is 20.2 Å². The molecule has 176 valence electrons. The Labute approximate surface area is 194 Å². The van der Waals surface area contributed by atoms with Crippen molar-refractivity contribution in [2.24, 2.45) is 0 Å². The van der Waals surface area contributed by atoms with Crippen LogP contribution in [0.2, 0.25) is 0 Å². The second kappa shape index (κ2) is 10.5. The van der Waals surface area contributed by atoms with E-state index < -0.39 is 17.6 Å². The van der Waals surface area contributed by atoms with Crippen LogP contribution in [-0.2, 0) is 14.3 Å². The second-order valence-corrected chi connectivity index (χ2v) is 9.18. The van der Waals surface area contributed by atoms with Gasteiger partial charge in [-0.1, -0.05) is 48.5 Å². The number of aliphatic carboxylic acids is 1. The maximum atomic E-state index is 12.6. The van der Waals surface area contributed by atoms with Crippen molar-refractivity contribution >= 4 is 18.0 Å². The third-order valence-corrected chi connectivity index (χ3v) is 5.94. The molecule has 2 aromatic rings. The Hall–Kier alpha value is -3.35. The molecule has 7 nitrogen and oxygen atoms in total. The topological polar surface area (TPSA) is 95.9 Å². The number of carboxylic acid groups (broad SMARTS) is 1. The van der Waals surface area contributed by atoms with E-state index in [0.717, 1.165) is 11.1 Å². The fourth-order valence-electron chi connectivity index (χ4n) is 4.22. The highest BCUT2D eigenvalue weighted by Crippen LogP contribution is 2.44. The number of benzene rings is 2. The molecule has 1 aliphatic rings. The van der Waals surface area contributed by atoms with Gasteiger partial charge in [0.25, 0.3) is 0 Å². The maximum absolute atomic E-state index is 12.6. The largest absolute Gasteiger partial charge is 0.481 e. The Morgan fingerprint density at radius 2 is 1.58 bits per heavy atom. The average Bonchev–Trinajstić information content (AvgIpc) is 3.08. The van der Waals surface area contributed by atoms with E-state index in [0.29, 0.717) is 19.4 Å². The summed E-state index contributed by atoms with van der Waals surface area (Å²) in [6.07, 6.45) is 0.797. The minimum atomic E-state index is -0.836. The van der Waals surface area contributed by atoms with Gasteiger partial charge in [-0.25, -0.2) is 4.79 Å². The van der Waals surface area contributed by atoms with E-state index in [1.54, 1.807) is 25.8 Å². The molecule has 0 saturated heterocycles. The normalized spacial score (nSPS) is 12.6. The number of nitrogens with zero attached hydrogens (tertiary/aromatic N) is 1. The summed E-state index contributed by atoms with van der Waals surface area (Å²) in [5.41, 5.74) is 3.84. The van der Waals surface area contributed by atoms with Gasteiger partial charge in [-0.3, -0.25) is 9.59 Å². The fourth-order valence-corrected chi connectivity index (χ4v) is 4.22. The van der Waals surface area contributed by atoms with Gasteiger partial charge < -0.3 is 20.1 Å². The van der Waals surface area contributed by atoms with Crippen LogP contribution in [-0.4, -0.2) is 53.7 Å². The third kappa shape index (κ3) is 6.34. The van der Waals surface area contributed by atoms with Crippen molar-refractivity contribution in [2.45, 2.75) is 51.0 Å². The first-order valence-corrected chi connectivity index (χ1v) is 11.3. The molecule has 7 heteroatoms. The number of amides is 2. The van der Waals surface area contributed by atoms with Crippen molar-refractivity contribution < 1.29 is 24.2 Å². The molecule has 0 atom stereocenters. The number of hydrogen-bond donors (Lipinski definition) is 2. The molecule has 2 aromatic carbocycles. The van der Waals surface area contributed by atoms with Gasteiger partial charge >= 0.3 is 12.1 Å². The van der Waals surface area contributed by atoms with E-state index in [1.807, 2.05) is 24.3 Å². The van der Waals surface area contributed by atoms with Crippen LogP contribution in [0, 0.1) is 0 Å². The zero-order chi connectivity index (χ0) is 24.0. The zero-order valence-corrected chi connectivity index (χ0v) is 19.5. The molecule has 0 radical (unpaired) electrons. The first kappa shape index (κ1) is 24.3. The van der Waals surface area contributed by atoms with Crippen LogP contribution in [0.3, 0.4) is 0 Å². The molecule has 33 heavy (non-hydrogen) atoms. The minimum Gasteiger partial charge on any atom is -0.481 e. The summed E-state index contributed by atoms with van der Waals surface area (Å²) in [6.45, 7) is 4.26. The quantitative estimate of drug-likeness (QED) is 0.521. The van der Waals surface area contributed by atoms with Crippen molar-refractivity contribution in [3.8, 4) is 11.1 Å². The van der Waals surface area contributed by atoms with Crippen molar-refractivity contribution in [1.82, 2.24) is 10.2 Å². The van der Waals surface area contributed by atoms with E-state index in [4.69, 9.17) is 9.84 Å². The summed E-state index contributed by atoms with van der Waals surface area (Å²) in [7, 11) is 1.69. The smallest absolute Gasteiger partial charge is 0.407 e. The highest BCUT2D eigenvalue weighted by atomic mass is 16.5. The van der Waals surface area contributed by atoms with Crippen molar-refractivity contribution in [3.63, 3.8) is 0 Å². The standard InChI is InChI=1S/C26H32N2O5/c1-26(2,16-23(29)28(3)15-9-8-14-24(30)31)27-25(32)33-17-22-20-12-6-4-10-18(20)19-11-5-7-13-21(19)22/h4-7,10-13,22H,8-9,14-17H2,1-3H3,(H,27,32)(H,30,31). The number of carbonyl (C=O) groups excluding carboxylic acids is 2. The van der Waals surface area contributed by atoms with Gasteiger partial charge in [-0.2, -0.15) is 0 Å². The van der Waals surface area contributed by atoms with Gasteiger partial charge in [-0.15, -0.1) is 0 Å². The third-order valence-electron chi connectivity index (χ3n) is 5.94. The van der Waals surface area contributed by atoms with E-state index in [1.165, 1.54) is 11.1 Å². The molecule has 0 unspecified atom stereocenters. The van der Waals surface area contributed by atoms with E-state index in [-0.39, 0.29) is 31.3 Å². The lowest BCUT2D eigenvalue weighted by Crippen LogP contribution is -2.47. The molecular weight excluding hydrogens is 420 g/mol. The molecule has 0 heterocycles. The van der Waals surface area contributed by atoms with Crippen LogP contribution in [0.15, 0.2) is 48.5 Å². The molecule has 2 amide bonds. The van der Waals surface area contributed by atoms with Crippen molar-refractivity contribution in [3.05, 3.63) is 59.7 Å². The average molecular weight is 453 g/mol. The molecule has 0 aromatic heterocycles. The lowest BCUT2D eigenvalue weighted by molar-refractivity contribution is -0.137. The number of unbranched alkanes of at least 4 members (excludes halogenated alkanes) is 1. The van der Waals surface area contributed by atoms with Crippen LogP contribution in [0.4, 0.5) is 4.79 Å².